The fourth-order valence-electron chi connectivity index (χ4n) is 2.41. The molecule has 1 saturated heterocycles. The molecule has 0 atom stereocenters. The van der Waals surface area contributed by atoms with Gasteiger partial charge in [0, 0.05) is 31.1 Å². The minimum Gasteiger partial charge on any atom is -0.341 e. The van der Waals surface area contributed by atoms with Crippen LogP contribution in [0, 0.1) is 6.92 Å². The van der Waals surface area contributed by atoms with Crippen molar-refractivity contribution in [2.24, 2.45) is 0 Å². The number of aryl methyl sites for hydroxylation is 1. The van der Waals surface area contributed by atoms with E-state index < -0.39 is 0 Å². The Labute approximate surface area is 142 Å². The summed E-state index contributed by atoms with van der Waals surface area (Å²) in [6, 6.07) is 8.21. The third kappa shape index (κ3) is 6.52. The Kier molecular flexibility index (Phi) is 7.26. The van der Waals surface area contributed by atoms with E-state index in [-0.39, 0.29) is 18.5 Å². The largest absolute Gasteiger partial charge is 0.341 e. The summed E-state index contributed by atoms with van der Waals surface area (Å²) in [5.74, 6) is 1.80. The lowest BCUT2D eigenvalue weighted by Crippen LogP contribution is -2.43. The van der Waals surface area contributed by atoms with Crippen LogP contribution in [0.2, 0.25) is 0 Å². The summed E-state index contributed by atoms with van der Waals surface area (Å²) in [5, 5.41) is 5.41. The summed E-state index contributed by atoms with van der Waals surface area (Å²) in [6.45, 7) is 4.39. The second kappa shape index (κ2) is 9.45. The summed E-state index contributed by atoms with van der Waals surface area (Å²) in [4.78, 5) is 25.2. The number of hydrogen-bond donors (Lipinski definition) is 2. The Bertz CT molecular complexity index is 513. The molecule has 1 aliphatic heterocycles. The van der Waals surface area contributed by atoms with Crippen molar-refractivity contribution in [3.63, 3.8) is 0 Å². The molecule has 6 heteroatoms. The number of likely N-dealkylation sites (tertiary alicyclic amines) is 1. The molecular formula is C17H25N3O2S. The van der Waals surface area contributed by atoms with Crippen LogP contribution in [0.15, 0.2) is 24.3 Å². The maximum absolute atomic E-state index is 11.8. The van der Waals surface area contributed by atoms with Crippen molar-refractivity contribution in [2.75, 3.05) is 31.9 Å². The molecule has 0 radical (unpaired) electrons. The highest BCUT2D eigenvalue weighted by atomic mass is 32.2. The molecule has 2 rings (SSSR count). The summed E-state index contributed by atoms with van der Waals surface area (Å²) < 4.78 is 0. The van der Waals surface area contributed by atoms with E-state index in [1.807, 2.05) is 0 Å². The highest BCUT2D eigenvalue weighted by molar-refractivity contribution is 7.98. The fourth-order valence-corrected chi connectivity index (χ4v) is 3.23. The molecule has 0 spiro atoms. The molecule has 0 aromatic heterocycles. The van der Waals surface area contributed by atoms with Gasteiger partial charge in [-0.15, -0.1) is 0 Å². The molecule has 0 unspecified atom stereocenters. The monoisotopic (exact) mass is 335 g/mol. The third-order valence-electron chi connectivity index (χ3n) is 3.78. The zero-order valence-corrected chi connectivity index (χ0v) is 14.5. The van der Waals surface area contributed by atoms with E-state index in [0.29, 0.717) is 6.54 Å². The number of carbonyl (C=O) groups is 2. The molecule has 3 amide bonds. The molecule has 1 aromatic rings. The Hall–Kier alpha value is -1.69. The van der Waals surface area contributed by atoms with E-state index in [2.05, 4.69) is 41.8 Å². The van der Waals surface area contributed by atoms with Crippen LogP contribution >= 0.6 is 11.8 Å². The van der Waals surface area contributed by atoms with Gasteiger partial charge < -0.3 is 15.5 Å². The fraction of sp³-hybridized carbons (Fsp3) is 0.529. The van der Waals surface area contributed by atoms with Gasteiger partial charge in [0.2, 0.25) is 5.91 Å². The van der Waals surface area contributed by atoms with Crippen LogP contribution in [-0.2, 0) is 10.5 Å². The summed E-state index contributed by atoms with van der Waals surface area (Å²) in [7, 11) is 0. The van der Waals surface area contributed by atoms with Crippen molar-refractivity contribution in [3.8, 4) is 0 Å². The van der Waals surface area contributed by atoms with E-state index >= 15 is 0 Å². The molecule has 1 heterocycles. The van der Waals surface area contributed by atoms with Gasteiger partial charge in [0.05, 0.1) is 6.54 Å². The lowest BCUT2D eigenvalue weighted by Gasteiger charge is -2.15. The van der Waals surface area contributed by atoms with Gasteiger partial charge in [-0.05, 0) is 25.3 Å². The van der Waals surface area contributed by atoms with E-state index in [1.54, 1.807) is 16.7 Å². The van der Waals surface area contributed by atoms with Crippen LogP contribution in [0.4, 0.5) is 4.79 Å². The first kappa shape index (κ1) is 17.7. The normalized spacial score (nSPS) is 13.9. The van der Waals surface area contributed by atoms with Gasteiger partial charge in [0.1, 0.15) is 0 Å². The van der Waals surface area contributed by atoms with Gasteiger partial charge >= 0.3 is 6.03 Å². The van der Waals surface area contributed by atoms with E-state index in [0.717, 1.165) is 37.4 Å². The first-order valence-corrected chi connectivity index (χ1v) is 9.23. The van der Waals surface area contributed by atoms with Crippen molar-refractivity contribution in [3.05, 3.63) is 35.4 Å². The average molecular weight is 335 g/mol. The van der Waals surface area contributed by atoms with Crippen LogP contribution in [0.25, 0.3) is 0 Å². The summed E-state index contributed by atoms with van der Waals surface area (Å²) >= 11 is 1.78. The van der Waals surface area contributed by atoms with Crippen molar-refractivity contribution in [2.45, 2.75) is 25.5 Å². The SMILES string of the molecule is Cc1ccc(CSCCNC(=O)NCC(=O)N2CCCC2)cc1. The highest BCUT2D eigenvalue weighted by Gasteiger charge is 2.17. The molecule has 126 valence electrons. The second-order valence-electron chi connectivity index (χ2n) is 5.74. The number of hydrogen-bond acceptors (Lipinski definition) is 3. The van der Waals surface area contributed by atoms with Crippen LogP contribution in [-0.4, -0.2) is 48.8 Å². The first-order valence-electron chi connectivity index (χ1n) is 8.08. The lowest BCUT2D eigenvalue weighted by atomic mass is 10.2. The Morgan fingerprint density at radius 2 is 1.83 bits per heavy atom. The average Bonchev–Trinajstić information content (AvgIpc) is 3.08. The Morgan fingerprint density at radius 3 is 2.52 bits per heavy atom. The molecule has 1 aliphatic rings. The molecule has 0 aliphatic carbocycles. The number of amides is 3. The molecule has 5 nitrogen and oxygen atoms in total. The van der Waals surface area contributed by atoms with Crippen LogP contribution in [0.3, 0.4) is 0 Å². The summed E-state index contributed by atoms with van der Waals surface area (Å²) in [5.41, 5.74) is 2.56. The number of thioether (sulfide) groups is 1. The van der Waals surface area contributed by atoms with Gasteiger partial charge in [-0.2, -0.15) is 11.8 Å². The van der Waals surface area contributed by atoms with Gasteiger partial charge in [0.25, 0.3) is 0 Å². The second-order valence-corrected chi connectivity index (χ2v) is 6.84. The van der Waals surface area contributed by atoms with Gasteiger partial charge in [-0.1, -0.05) is 29.8 Å². The minimum atomic E-state index is -0.270. The quantitative estimate of drug-likeness (QED) is 0.751. The first-order chi connectivity index (χ1) is 11.1. The maximum Gasteiger partial charge on any atom is 0.315 e. The lowest BCUT2D eigenvalue weighted by molar-refractivity contribution is -0.128. The van der Waals surface area contributed by atoms with Crippen molar-refractivity contribution < 1.29 is 9.59 Å². The van der Waals surface area contributed by atoms with E-state index in [9.17, 15) is 9.59 Å². The van der Waals surface area contributed by atoms with E-state index in [1.165, 1.54) is 11.1 Å². The molecule has 2 N–H and O–H groups in total. The molecular weight excluding hydrogens is 310 g/mol. The van der Waals surface area contributed by atoms with E-state index in [4.69, 9.17) is 0 Å². The van der Waals surface area contributed by atoms with Crippen molar-refractivity contribution in [1.29, 1.82) is 0 Å². The predicted molar refractivity (Wildman–Crippen MR) is 94.6 cm³/mol. The number of nitrogens with one attached hydrogen (secondary N) is 2. The Morgan fingerprint density at radius 1 is 1.13 bits per heavy atom. The molecule has 0 saturated carbocycles. The topological polar surface area (TPSA) is 61.4 Å². The maximum atomic E-state index is 11.8. The number of urea groups is 1. The molecule has 23 heavy (non-hydrogen) atoms. The number of rotatable bonds is 7. The molecule has 1 fully saturated rings. The standard InChI is InChI=1S/C17H25N3O2S/c1-14-4-6-15(7-5-14)13-23-11-8-18-17(22)19-12-16(21)20-9-2-3-10-20/h4-7H,2-3,8-13H2,1H3,(H2,18,19,22). The zero-order valence-electron chi connectivity index (χ0n) is 13.6. The zero-order chi connectivity index (χ0) is 16.5. The van der Waals surface area contributed by atoms with Gasteiger partial charge in [0.15, 0.2) is 0 Å². The van der Waals surface area contributed by atoms with Gasteiger partial charge in [-0.25, -0.2) is 4.79 Å². The van der Waals surface area contributed by atoms with Gasteiger partial charge in [-0.3, -0.25) is 4.79 Å². The van der Waals surface area contributed by atoms with Crippen molar-refractivity contribution >= 4 is 23.7 Å². The Balaban J connectivity index is 1.51. The predicted octanol–water partition coefficient (Wildman–Crippen LogP) is 2.15. The number of carbonyl (C=O) groups excluding carboxylic acids is 2. The highest BCUT2D eigenvalue weighted by Crippen LogP contribution is 2.12. The third-order valence-corrected chi connectivity index (χ3v) is 4.81. The van der Waals surface area contributed by atoms with Crippen LogP contribution in [0.5, 0.6) is 0 Å². The minimum absolute atomic E-state index is 0.00592. The summed E-state index contributed by atoms with van der Waals surface area (Å²) in [6.07, 6.45) is 2.13. The van der Waals surface area contributed by atoms with Crippen LogP contribution in [0.1, 0.15) is 24.0 Å². The smallest absolute Gasteiger partial charge is 0.315 e. The number of nitrogens with zero attached hydrogens (tertiary/aromatic N) is 1. The molecule has 1 aromatic carbocycles. The molecule has 0 bridgehead atoms. The number of benzene rings is 1. The van der Waals surface area contributed by atoms with Crippen molar-refractivity contribution in [1.82, 2.24) is 15.5 Å². The van der Waals surface area contributed by atoms with Crippen LogP contribution < -0.4 is 10.6 Å².